The maximum atomic E-state index is 12.3. The second-order valence-electron chi connectivity index (χ2n) is 7.88. The molecule has 3 rings (SSSR count). The number of benzene rings is 1. The van der Waals surface area contributed by atoms with E-state index in [-0.39, 0.29) is 11.8 Å². The second kappa shape index (κ2) is 10.2. The van der Waals surface area contributed by atoms with Gasteiger partial charge in [-0.1, -0.05) is 24.8 Å². The first-order valence-corrected chi connectivity index (χ1v) is 10.4. The van der Waals surface area contributed by atoms with Crippen molar-refractivity contribution in [2.45, 2.75) is 13.5 Å². The molecule has 1 fully saturated rings. The van der Waals surface area contributed by atoms with Crippen molar-refractivity contribution in [3.8, 4) is 16.9 Å². The molecule has 7 heteroatoms. The van der Waals surface area contributed by atoms with Crippen molar-refractivity contribution in [3.05, 3.63) is 60.4 Å². The zero-order chi connectivity index (χ0) is 22.4. The Morgan fingerprint density at radius 2 is 2.13 bits per heavy atom. The van der Waals surface area contributed by atoms with Gasteiger partial charge in [0.25, 0.3) is 0 Å². The average Bonchev–Trinajstić information content (AvgIpc) is 2.76. The fourth-order valence-electron chi connectivity index (χ4n) is 3.53. The lowest BCUT2D eigenvalue weighted by molar-refractivity contribution is -0.136. The van der Waals surface area contributed by atoms with Crippen LogP contribution in [0, 0.1) is 6.92 Å². The predicted octanol–water partition coefficient (Wildman–Crippen LogP) is 2.35. The third-order valence-corrected chi connectivity index (χ3v) is 5.54. The second-order valence-corrected chi connectivity index (χ2v) is 7.88. The van der Waals surface area contributed by atoms with E-state index in [0.29, 0.717) is 32.0 Å². The van der Waals surface area contributed by atoms with Gasteiger partial charge in [-0.3, -0.25) is 19.5 Å². The van der Waals surface area contributed by atoms with E-state index in [4.69, 9.17) is 4.74 Å². The molecule has 0 aliphatic carbocycles. The van der Waals surface area contributed by atoms with E-state index in [1.54, 1.807) is 24.3 Å². The summed E-state index contributed by atoms with van der Waals surface area (Å²) in [5.74, 6) is 0.699. The number of rotatable bonds is 8. The molecule has 1 saturated heterocycles. The summed E-state index contributed by atoms with van der Waals surface area (Å²) in [7, 11) is 3.68. The smallest absolute Gasteiger partial charge is 0.245 e. The Kier molecular flexibility index (Phi) is 7.41. The Balaban J connectivity index is 1.70. The number of hydrogen-bond acceptors (Lipinski definition) is 5. The van der Waals surface area contributed by atoms with Gasteiger partial charge in [0.1, 0.15) is 12.4 Å². The summed E-state index contributed by atoms with van der Waals surface area (Å²) in [6.45, 7) is 9.13. The first-order valence-electron chi connectivity index (χ1n) is 10.4. The van der Waals surface area contributed by atoms with E-state index in [9.17, 15) is 9.59 Å². The van der Waals surface area contributed by atoms with Crippen molar-refractivity contribution in [1.29, 1.82) is 0 Å². The fourth-order valence-corrected chi connectivity index (χ4v) is 3.53. The third-order valence-electron chi connectivity index (χ3n) is 5.54. The molecule has 0 unspecified atom stereocenters. The van der Waals surface area contributed by atoms with Crippen LogP contribution < -0.4 is 4.74 Å². The van der Waals surface area contributed by atoms with Crippen molar-refractivity contribution in [2.24, 2.45) is 0 Å². The normalized spacial score (nSPS) is 14.4. The molecule has 164 valence electrons. The molecule has 1 aromatic heterocycles. The molecule has 31 heavy (non-hydrogen) atoms. The minimum atomic E-state index is -0.139. The molecule has 0 saturated carbocycles. The monoisotopic (exact) mass is 422 g/mol. The standard InChI is InChI=1S/C24H30N4O3/c1-5-23(29)27(4)12-13-31-22-15-25-9-8-21(22)19-6-7-20(18(2)14-19)16-28-11-10-26(3)17-24(28)30/h5-9,14-15H,1,10-13,16-17H2,2-4H3. The molecule has 2 amide bonds. The summed E-state index contributed by atoms with van der Waals surface area (Å²) in [5.41, 5.74) is 4.24. The van der Waals surface area contributed by atoms with Crippen LogP contribution in [0.4, 0.5) is 0 Å². The third kappa shape index (κ3) is 5.70. The largest absolute Gasteiger partial charge is 0.489 e. The molecule has 2 heterocycles. The lowest BCUT2D eigenvalue weighted by Gasteiger charge is -2.32. The molecule has 1 aliphatic rings. The zero-order valence-corrected chi connectivity index (χ0v) is 18.5. The van der Waals surface area contributed by atoms with Crippen molar-refractivity contribution in [1.82, 2.24) is 19.7 Å². The SMILES string of the molecule is C=CC(=O)N(C)CCOc1cnccc1-c1ccc(CN2CCN(C)CC2=O)c(C)c1. The van der Waals surface area contributed by atoms with E-state index in [1.165, 1.54) is 6.08 Å². The number of carbonyl (C=O) groups is 2. The van der Waals surface area contributed by atoms with Crippen molar-refractivity contribution in [2.75, 3.05) is 46.9 Å². The maximum absolute atomic E-state index is 12.3. The number of aromatic nitrogens is 1. The first kappa shape index (κ1) is 22.5. The minimum Gasteiger partial charge on any atom is -0.489 e. The fraction of sp³-hybridized carbons (Fsp3) is 0.375. The van der Waals surface area contributed by atoms with E-state index >= 15 is 0 Å². The average molecular weight is 423 g/mol. The number of nitrogens with zero attached hydrogens (tertiary/aromatic N) is 4. The number of ether oxygens (including phenoxy) is 1. The Bertz CT molecular complexity index is 960. The zero-order valence-electron chi connectivity index (χ0n) is 18.5. The van der Waals surface area contributed by atoms with Gasteiger partial charge in [-0.2, -0.15) is 0 Å². The van der Waals surface area contributed by atoms with Crippen molar-refractivity contribution in [3.63, 3.8) is 0 Å². The molecular formula is C24H30N4O3. The Labute approximate surface area is 183 Å². The number of pyridine rings is 1. The number of piperazine rings is 1. The topological polar surface area (TPSA) is 66.0 Å². The predicted molar refractivity (Wildman–Crippen MR) is 121 cm³/mol. The molecule has 1 aromatic carbocycles. The van der Waals surface area contributed by atoms with Crippen LogP contribution in [0.1, 0.15) is 11.1 Å². The van der Waals surface area contributed by atoms with Crippen LogP contribution in [-0.4, -0.2) is 78.4 Å². The number of hydrogen-bond donors (Lipinski definition) is 0. The van der Waals surface area contributed by atoms with Crippen LogP contribution in [0.25, 0.3) is 11.1 Å². The van der Waals surface area contributed by atoms with Crippen LogP contribution in [0.3, 0.4) is 0 Å². The van der Waals surface area contributed by atoms with Gasteiger partial charge in [-0.15, -0.1) is 0 Å². The van der Waals surface area contributed by atoms with Gasteiger partial charge in [-0.05, 0) is 42.8 Å². The van der Waals surface area contributed by atoms with Gasteiger partial charge < -0.3 is 14.5 Å². The van der Waals surface area contributed by atoms with Gasteiger partial charge in [0, 0.05) is 38.4 Å². The number of carbonyl (C=O) groups excluding carboxylic acids is 2. The van der Waals surface area contributed by atoms with E-state index < -0.39 is 0 Å². The summed E-state index contributed by atoms with van der Waals surface area (Å²) < 4.78 is 5.92. The first-order chi connectivity index (χ1) is 14.9. The van der Waals surface area contributed by atoms with Crippen LogP contribution in [-0.2, 0) is 16.1 Å². The van der Waals surface area contributed by atoms with Gasteiger partial charge in [0.05, 0.1) is 19.3 Å². The van der Waals surface area contributed by atoms with Crippen LogP contribution in [0.5, 0.6) is 5.75 Å². The molecule has 0 N–H and O–H groups in total. The molecule has 1 aliphatic heterocycles. The quantitative estimate of drug-likeness (QED) is 0.611. The van der Waals surface area contributed by atoms with Gasteiger partial charge >= 0.3 is 0 Å². The molecule has 0 spiro atoms. The Hall–Kier alpha value is -3.19. The van der Waals surface area contributed by atoms with Crippen molar-refractivity contribution >= 4 is 11.8 Å². The molecular weight excluding hydrogens is 392 g/mol. The highest BCUT2D eigenvalue weighted by Gasteiger charge is 2.22. The van der Waals surface area contributed by atoms with Crippen LogP contribution in [0.2, 0.25) is 0 Å². The lowest BCUT2D eigenvalue weighted by atomic mass is 9.99. The maximum Gasteiger partial charge on any atom is 0.245 e. The van der Waals surface area contributed by atoms with Gasteiger partial charge in [-0.25, -0.2) is 0 Å². The lowest BCUT2D eigenvalue weighted by Crippen LogP contribution is -2.48. The molecule has 0 bridgehead atoms. The molecule has 2 aromatic rings. The van der Waals surface area contributed by atoms with E-state index in [2.05, 4.69) is 36.7 Å². The van der Waals surface area contributed by atoms with Gasteiger partial charge in [0.2, 0.25) is 11.8 Å². The summed E-state index contributed by atoms with van der Waals surface area (Å²) in [6, 6.07) is 8.17. The number of likely N-dealkylation sites (N-methyl/N-ethyl adjacent to an activating group) is 2. The van der Waals surface area contributed by atoms with Crippen LogP contribution in [0.15, 0.2) is 49.3 Å². The number of aryl methyl sites for hydroxylation is 1. The highest BCUT2D eigenvalue weighted by atomic mass is 16.5. The highest BCUT2D eigenvalue weighted by Crippen LogP contribution is 2.30. The van der Waals surface area contributed by atoms with Crippen LogP contribution >= 0.6 is 0 Å². The summed E-state index contributed by atoms with van der Waals surface area (Å²) in [6.07, 6.45) is 4.72. The number of amides is 2. The molecule has 0 radical (unpaired) electrons. The minimum absolute atomic E-state index is 0.139. The molecule has 7 nitrogen and oxygen atoms in total. The Morgan fingerprint density at radius 1 is 1.32 bits per heavy atom. The summed E-state index contributed by atoms with van der Waals surface area (Å²) in [4.78, 5) is 33.6. The summed E-state index contributed by atoms with van der Waals surface area (Å²) in [5, 5.41) is 0. The van der Waals surface area contributed by atoms with Crippen molar-refractivity contribution < 1.29 is 14.3 Å². The summed E-state index contributed by atoms with van der Waals surface area (Å²) >= 11 is 0. The molecule has 0 atom stereocenters. The van der Waals surface area contributed by atoms with E-state index in [1.807, 2.05) is 22.9 Å². The Morgan fingerprint density at radius 3 is 2.84 bits per heavy atom. The van der Waals surface area contributed by atoms with E-state index in [0.717, 1.165) is 35.3 Å². The van der Waals surface area contributed by atoms with Gasteiger partial charge in [0.15, 0.2) is 0 Å². The highest BCUT2D eigenvalue weighted by molar-refractivity contribution is 5.86.